The van der Waals surface area contributed by atoms with Gasteiger partial charge in [-0.15, -0.1) is 0 Å². The SMILES string of the molecule is COc1cc2c(cc1OC)[C@@H](CCc1ccccc1)NCC2. The van der Waals surface area contributed by atoms with Crippen LogP contribution in [-0.4, -0.2) is 20.8 Å². The largest absolute Gasteiger partial charge is 0.493 e. The molecule has 22 heavy (non-hydrogen) atoms. The maximum atomic E-state index is 5.46. The molecule has 0 amide bonds. The molecule has 1 aliphatic rings. The summed E-state index contributed by atoms with van der Waals surface area (Å²) in [5.41, 5.74) is 4.10. The van der Waals surface area contributed by atoms with Gasteiger partial charge in [-0.05, 0) is 54.6 Å². The van der Waals surface area contributed by atoms with E-state index >= 15 is 0 Å². The summed E-state index contributed by atoms with van der Waals surface area (Å²) < 4.78 is 10.9. The second-order valence-electron chi connectivity index (χ2n) is 5.69. The highest BCUT2D eigenvalue weighted by Gasteiger charge is 2.22. The third-order valence-electron chi connectivity index (χ3n) is 4.37. The van der Waals surface area contributed by atoms with Crippen LogP contribution in [0.5, 0.6) is 11.5 Å². The first-order chi connectivity index (χ1) is 10.8. The summed E-state index contributed by atoms with van der Waals surface area (Å²) in [5.74, 6) is 1.64. The molecule has 116 valence electrons. The van der Waals surface area contributed by atoms with Gasteiger partial charge in [-0.25, -0.2) is 0 Å². The Bertz CT molecular complexity index is 625. The second kappa shape index (κ2) is 6.84. The number of nitrogens with one attached hydrogen (secondary N) is 1. The lowest BCUT2D eigenvalue weighted by Crippen LogP contribution is -2.30. The maximum absolute atomic E-state index is 5.46. The molecule has 1 N–H and O–H groups in total. The van der Waals surface area contributed by atoms with Gasteiger partial charge in [0.25, 0.3) is 0 Å². The highest BCUT2D eigenvalue weighted by molar-refractivity contribution is 5.49. The van der Waals surface area contributed by atoms with Crippen LogP contribution in [0.4, 0.5) is 0 Å². The number of hydrogen-bond acceptors (Lipinski definition) is 3. The normalized spacial score (nSPS) is 16.9. The molecule has 1 aliphatic heterocycles. The number of benzene rings is 2. The highest BCUT2D eigenvalue weighted by Crippen LogP contribution is 2.36. The molecule has 0 saturated heterocycles. The van der Waals surface area contributed by atoms with Gasteiger partial charge in [0, 0.05) is 6.04 Å². The molecule has 0 unspecified atom stereocenters. The van der Waals surface area contributed by atoms with Crippen molar-refractivity contribution in [1.82, 2.24) is 5.32 Å². The second-order valence-corrected chi connectivity index (χ2v) is 5.69. The zero-order valence-corrected chi connectivity index (χ0v) is 13.3. The number of ether oxygens (including phenoxy) is 2. The average molecular weight is 297 g/mol. The summed E-state index contributed by atoms with van der Waals surface area (Å²) in [7, 11) is 3.39. The molecule has 1 heterocycles. The van der Waals surface area contributed by atoms with Gasteiger partial charge in [-0.3, -0.25) is 0 Å². The van der Waals surface area contributed by atoms with Crippen LogP contribution in [0.1, 0.15) is 29.2 Å². The van der Waals surface area contributed by atoms with Crippen molar-refractivity contribution in [2.24, 2.45) is 0 Å². The van der Waals surface area contributed by atoms with Crippen molar-refractivity contribution in [2.75, 3.05) is 20.8 Å². The Hall–Kier alpha value is -2.00. The van der Waals surface area contributed by atoms with E-state index in [0.717, 1.165) is 37.3 Å². The monoisotopic (exact) mass is 297 g/mol. The van der Waals surface area contributed by atoms with Crippen LogP contribution in [0.3, 0.4) is 0 Å². The molecule has 1 atom stereocenters. The van der Waals surface area contributed by atoms with E-state index < -0.39 is 0 Å². The fraction of sp³-hybridized carbons (Fsp3) is 0.368. The quantitative estimate of drug-likeness (QED) is 0.916. The number of hydrogen-bond donors (Lipinski definition) is 1. The number of rotatable bonds is 5. The van der Waals surface area contributed by atoms with Crippen molar-refractivity contribution in [3.63, 3.8) is 0 Å². The van der Waals surface area contributed by atoms with Crippen LogP contribution < -0.4 is 14.8 Å². The maximum Gasteiger partial charge on any atom is 0.161 e. The standard InChI is InChI=1S/C19H23NO2/c1-21-18-12-15-10-11-20-17(16(15)13-19(18)22-2)9-8-14-6-4-3-5-7-14/h3-7,12-13,17,20H,8-11H2,1-2H3/t17-/m1/s1. The topological polar surface area (TPSA) is 30.5 Å². The van der Waals surface area contributed by atoms with Gasteiger partial charge < -0.3 is 14.8 Å². The summed E-state index contributed by atoms with van der Waals surface area (Å²) in [6.45, 7) is 1.02. The number of methoxy groups -OCH3 is 2. The minimum atomic E-state index is 0.378. The third kappa shape index (κ3) is 3.09. The molecule has 0 fully saturated rings. The van der Waals surface area contributed by atoms with Crippen LogP contribution in [0.15, 0.2) is 42.5 Å². The minimum Gasteiger partial charge on any atom is -0.493 e. The molecule has 3 rings (SSSR count). The van der Waals surface area contributed by atoms with Crippen molar-refractivity contribution in [3.05, 3.63) is 59.2 Å². The first-order valence-corrected chi connectivity index (χ1v) is 7.84. The van der Waals surface area contributed by atoms with E-state index in [4.69, 9.17) is 9.47 Å². The fourth-order valence-corrected chi connectivity index (χ4v) is 3.18. The van der Waals surface area contributed by atoms with Crippen LogP contribution in [0, 0.1) is 0 Å². The Balaban J connectivity index is 1.81. The Morgan fingerprint density at radius 3 is 2.50 bits per heavy atom. The molecular formula is C19H23NO2. The fourth-order valence-electron chi connectivity index (χ4n) is 3.18. The van der Waals surface area contributed by atoms with Crippen LogP contribution in [0.25, 0.3) is 0 Å². The van der Waals surface area contributed by atoms with Gasteiger partial charge in [0.15, 0.2) is 11.5 Å². The van der Waals surface area contributed by atoms with E-state index in [1.807, 2.05) is 0 Å². The van der Waals surface area contributed by atoms with Gasteiger partial charge >= 0.3 is 0 Å². The lowest BCUT2D eigenvalue weighted by atomic mass is 9.90. The van der Waals surface area contributed by atoms with E-state index in [2.05, 4.69) is 47.8 Å². The lowest BCUT2D eigenvalue weighted by Gasteiger charge is -2.28. The molecule has 0 aromatic heterocycles. The lowest BCUT2D eigenvalue weighted by molar-refractivity contribution is 0.351. The average Bonchev–Trinajstić information content (AvgIpc) is 2.59. The number of aryl methyl sites for hydroxylation is 1. The summed E-state index contributed by atoms with van der Waals surface area (Å²) in [4.78, 5) is 0. The minimum absolute atomic E-state index is 0.378. The predicted molar refractivity (Wildman–Crippen MR) is 88.8 cm³/mol. The van der Waals surface area contributed by atoms with E-state index in [0.29, 0.717) is 6.04 Å². The molecule has 0 spiro atoms. The Kier molecular flexibility index (Phi) is 4.64. The van der Waals surface area contributed by atoms with Gasteiger partial charge in [-0.2, -0.15) is 0 Å². The first kappa shape index (κ1) is 14.9. The summed E-state index contributed by atoms with van der Waals surface area (Å²) in [5, 5.41) is 3.64. The van der Waals surface area contributed by atoms with Gasteiger partial charge in [0.1, 0.15) is 0 Å². The van der Waals surface area contributed by atoms with Gasteiger partial charge in [-0.1, -0.05) is 30.3 Å². The van der Waals surface area contributed by atoms with Crippen LogP contribution in [0.2, 0.25) is 0 Å². The van der Waals surface area contributed by atoms with Gasteiger partial charge in [0.2, 0.25) is 0 Å². The van der Waals surface area contributed by atoms with Crippen molar-refractivity contribution < 1.29 is 9.47 Å². The molecule has 2 aromatic carbocycles. The van der Waals surface area contributed by atoms with E-state index in [1.165, 1.54) is 16.7 Å². The smallest absolute Gasteiger partial charge is 0.161 e. The molecule has 3 heteroatoms. The Labute approximate surface area is 132 Å². The molecule has 0 aliphatic carbocycles. The molecule has 0 bridgehead atoms. The van der Waals surface area contributed by atoms with Crippen molar-refractivity contribution in [3.8, 4) is 11.5 Å². The van der Waals surface area contributed by atoms with Crippen molar-refractivity contribution >= 4 is 0 Å². The van der Waals surface area contributed by atoms with E-state index in [9.17, 15) is 0 Å². The van der Waals surface area contributed by atoms with Crippen molar-refractivity contribution in [2.45, 2.75) is 25.3 Å². The van der Waals surface area contributed by atoms with E-state index in [-0.39, 0.29) is 0 Å². The van der Waals surface area contributed by atoms with Crippen LogP contribution in [-0.2, 0) is 12.8 Å². The number of fused-ring (bicyclic) bond motifs is 1. The van der Waals surface area contributed by atoms with Crippen molar-refractivity contribution in [1.29, 1.82) is 0 Å². The zero-order chi connectivity index (χ0) is 15.4. The molecule has 2 aromatic rings. The van der Waals surface area contributed by atoms with E-state index in [1.54, 1.807) is 14.2 Å². The molecule has 0 radical (unpaired) electrons. The van der Waals surface area contributed by atoms with Gasteiger partial charge in [0.05, 0.1) is 14.2 Å². The first-order valence-electron chi connectivity index (χ1n) is 7.84. The predicted octanol–water partition coefficient (Wildman–Crippen LogP) is 3.52. The summed E-state index contributed by atoms with van der Waals surface area (Å²) in [6, 6.07) is 15.3. The third-order valence-corrected chi connectivity index (χ3v) is 4.37. The Morgan fingerprint density at radius 1 is 1.05 bits per heavy atom. The molecular weight excluding hydrogens is 274 g/mol. The highest BCUT2D eigenvalue weighted by atomic mass is 16.5. The zero-order valence-electron chi connectivity index (χ0n) is 13.3. The Morgan fingerprint density at radius 2 is 1.77 bits per heavy atom. The molecule has 3 nitrogen and oxygen atoms in total. The molecule has 0 saturated carbocycles. The summed E-state index contributed by atoms with van der Waals surface area (Å²) in [6.07, 6.45) is 3.20. The van der Waals surface area contributed by atoms with Crippen LogP contribution >= 0.6 is 0 Å². The summed E-state index contributed by atoms with van der Waals surface area (Å²) >= 11 is 0.